The lowest BCUT2D eigenvalue weighted by molar-refractivity contribution is 0.635. The van der Waals surface area contributed by atoms with Crippen molar-refractivity contribution >= 4 is 5.82 Å². The predicted octanol–water partition coefficient (Wildman–Crippen LogP) is 1.86. The Morgan fingerprint density at radius 3 is 2.82 bits per heavy atom. The SMILES string of the molecule is Cc1cc(C)c(C#N)c(NC2CCCC2N)n1. The molecule has 1 aliphatic rings. The van der Waals surface area contributed by atoms with E-state index < -0.39 is 0 Å². The van der Waals surface area contributed by atoms with E-state index in [2.05, 4.69) is 16.4 Å². The van der Waals surface area contributed by atoms with E-state index >= 15 is 0 Å². The van der Waals surface area contributed by atoms with Crippen LogP contribution in [0.2, 0.25) is 0 Å². The molecule has 1 aromatic heterocycles. The Kier molecular flexibility index (Phi) is 3.30. The first-order valence-electron chi connectivity index (χ1n) is 6.02. The average molecular weight is 230 g/mol. The minimum Gasteiger partial charge on any atom is -0.365 e. The minimum atomic E-state index is 0.171. The molecule has 1 fully saturated rings. The van der Waals surface area contributed by atoms with Gasteiger partial charge in [0.15, 0.2) is 0 Å². The fourth-order valence-electron chi connectivity index (χ4n) is 2.43. The molecule has 0 saturated heterocycles. The van der Waals surface area contributed by atoms with Crippen molar-refractivity contribution in [2.75, 3.05) is 5.32 Å². The second-order valence-electron chi connectivity index (χ2n) is 4.76. The molecule has 0 aromatic carbocycles. The van der Waals surface area contributed by atoms with Gasteiger partial charge in [0.25, 0.3) is 0 Å². The van der Waals surface area contributed by atoms with E-state index in [1.165, 1.54) is 0 Å². The van der Waals surface area contributed by atoms with Crippen LogP contribution < -0.4 is 11.1 Å². The summed E-state index contributed by atoms with van der Waals surface area (Å²) in [6.07, 6.45) is 3.25. The number of aromatic nitrogens is 1. The number of hydrogen-bond donors (Lipinski definition) is 2. The van der Waals surface area contributed by atoms with Gasteiger partial charge in [0, 0.05) is 17.8 Å². The van der Waals surface area contributed by atoms with E-state index in [1.54, 1.807) is 0 Å². The zero-order chi connectivity index (χ0) is 12.4. The maximum atomic E-state index is 9.17. The van der Waals surface area contributed by atoms with E-state index in [0.717, 1.165) is 30.5 Å². The van der Waals surface area contributed by atoms with E-state index in [-0.39, 0.29) is 12.1 Å². The summed E-state index contributed by atoms with van der Waals surface area (Å²) in [6, 6.07) is 4.56. The Hall–Kier alpha value is -1.60. The molecule has 90 valence electrons. The Morgan fingerprint density at radius 2 is 2.24 bits per heavy atom. The molecule has 1 heterocycles. The molecule has 1 saturated carbocycles. The first-order valence-corrected chi connectivity index (χ1v) is 6.02. The van der Waals surface area contributed by atoms with Gasteiger partial charge in [-0.15, -0.1) is 0 Å². The highest BCUT2D eigenvalue weighted by atomic mass is 15.0. The topological polar surface area (TPSA) is 74.7 Å². The maximum Gasteiger partial charge on any atom is 0.144 e. The van der Waals surface area contributed by atoms with Crippen LogP contribution in [0.5, 0.6) is 0 Å². The van der Waals surface area contributed by atoms with E-state index in [9.17, 15) is 0 Å². The predicted molar refractivity (Wildman–Crippen MR) is 67.7 cm³/mol. The van der Waals surface area contributed by atoms with Gasteiger partial charge in [-0.1, -0.05) is 0 Å². The number of nitrogens with one attached hydrogen (secondary N) is 1. The van der Waals surface area contributed by atoms with Crippen LogP contribution in [0, 0.1) is 25.2 Å². The first-order chi connectivity index (χ1) is 8.11. The van der Waals surface area contributed by atoms with Crippen LogP contribution in [-0.2, 0) is 0 Å². The van der Waals surface area contributed by atoms with Gasteiger partial charge in [-0.25, -0.2) is 4.98 Å². The molecule has 0 spiro atoms. The molecule has 0 aliphatic heterocycles. The molecule has 4 nitrogen and oxygen atoms in total. The number of anilines is 1. The standard InChI is InChI=1S/C13H18N4/c1-8-6-9(2)16-13(10(8)7-14)17-12-5-3-4-11(12)15/h6,11-12H,3-5,15H2,1-2H3,(H,16,17). The van der Waals surface area contributed by atoms with Gasteiger partial charge < -0.3 is 11.1 Å². The molecule has 0 amide bonds. The lowest BCUT2D eigenvalue weighted by Gasteiger charge is -2.19. The van der Waals surface area contributed by atoms with Crippen molar-refractivity contribution in [2.45, 2.75) is 45.2 Å². The zero-order valence-electron chi connectivity index (χ0n) is 10.3. The molecule has 1 aromatic rings. The van der Waals surface area contributed by atoms with Gasteiger partial charge in [-0.3, -0.25) is 0 Å². The molecular formula is C13H18N4. The normalized spacial score (nSPS) is 23.4. The van der Waals surface area contributed by atoms with Crippen LogP contribution in [0.3, 0.4) is 0 Å². The van der Waals surface area contributed by atoms with Crippen LogP contribution in [0.1, 0.15) is 36.1 Å². The van der Waals surface area contributed by atoms with Crippen molar-refractivity contribution in [2.24, 2.45) is 5.73 Å². The summed E-state index contributed by atoms with van der Waals surface area (Å²) in [6.45, 7) is 3.88. The molecule has 17 heavy (non-hydrogen) atoms. The van der Waals surface area contributed by atoms with Crippen LogP contribution >= 0.6 is 0 Å². The number of nitrogens with two attached hydrogens (primary N) is 1. The molecule has 4 heteroatoms. The van der Waals surface area contributed by atoms with Crippen LogP contribution in [0.15, 0.2) is 6.07 Å². The summed E-state index contributed by atoms with van der Waals surface area (Å²) in [5, 5.41) is 12.5. The van der Waals surface area contributed by atoms with Crippen LogP contribution in [-0.4, -0.2) is 17.1 Å². The summed E-state index contributed by atoms with van der Waals surface area (Å²) in [7, 11) is 0. The number of rotatable bonds is 2. The molecule has 1 aliphatic carbocycles. The maximum absolute atomic E-state index is 9.17. The lowest BCUT2D eigenvalue weighted by Crippen LogP contribution is -2.35. The summed E-state index contributed by atoms with van der Waals surface area (Å²) in [5.74, 6) is 0.687. The zero-order valence-corrected chi connectivity index (χ0v) is 10.3. The Morgan fingerprint density at radius 1 is 1.47 bits per heavy atom. The fraction of sp³-hybridized carbons (Fsp3) is 0.538. The highest BCUT2D eigenvalue weighted by Gasteiger charge is 2.25. The molecule has 2 unspecified atom stereocenters. The average Bonchev–Trinajstić information content (AvgIpc) is 2.64. The Bertz CT molecular complexity index is 461. The summed E-state index contributed by atoms with van der Waals surface area (Å²) in [5.41, 5.74) is 8.55. The second-order valence-corrected chi connectivity index (χ2v) is 4.76. The molecule has 3 N–H and O–H groups in total. The van der Waals surface area contributed by atoms with Gasteiger partial charge in [-0.2, -0.15) is 5.26 Å². The van der Waals surface area contributed by atoms with Crippen molar-refractivity contribution in [3.8, 4) is 6.07 Å². The Balaban J connectivity index is 2.29. The van der Waals surface area contributed by atoms with Crippen molar-refractivity contribution in [3.05, 3.63) is 22.9 Å². The third-order valence-corrected chi connectivity index (χ3v) is 3.35. The number of nitriles is 1. The highest BCUT2D eigenvalue weighted by Crippen LogP contribution is 2.24. The summed E-state index contributed by atoms with van der Waals surface area (Å²) < 4.78 is 0. The van der Waals surface area contributed by atoms with Crippen LogP contribution in [0.25, 0.3) is 0 Å². The summed E-state index contributed by atoms with van der Waals surface area (Å²) in [4.78, 5) is 4.41. The van der Waals surface area contributed by atoms with Gasteiger partial charge in [-0.05, 0) is 44.7 Å². The number of nitrogens with zero attached hydrogens (tertiary/aromatic N) is 2. The van der Waals surface area contributed by atoms with Gasteiger partial charge in [0.2, 0.25) is 0 Å². The lowest BCUT2D eigenvalue weighted by atomic mass is 10.1. The van der Waals surface area contributed by atoms with Crippen LogP contribution in [0.4, 0.5) is 5.82 Å². The van der Waals surface area contributed by atoms with E-state index in [4.69, 9.17) is 11.0 Å². The minimum absolute atomic E-state index is 0.171. The molecular weight excluding hydrogens is 212 g/mol. The van der Waals surface area contributed by atoms with Gasteiger partial charge in [0.1, 0.15) is 11.9 Å². The molecule has 0 radical (unpaired) electrons. The van der Waals surface area contributed by atoms with Gasteiger partial charge >= 0.3 is 0 Å². The van der Waals surface area contributed by atoms with E-state index in [1.807, 2.05) is 19.9 Å². The number of pyridine rings is 1. The Labute approximate surface area is 102 Å². The third kappa shape index (κ3) is 2.40. The molecule has 2 rings (SSSR count). The second kappa shape index (κ2) is 4.72. The van der Waals surface area contributed by atoms with Gasteiger partial charge in [0.05, 0.1) is 5.56 Å². The van der Waals surface area contributed by atoms with Crippen molar-refractivity contribution in [3.63, 3.8) is 0 Å². The highest BCUT2D eigenvalue weighted by molar-refractivity contribution is 5.57. The third-order valence-electron chi connectivity index (χ3n) is 3.35. The van der Waals surface area contributed by atoms with Crippen molar-refractivity contribution in [1.29, 1.82) is 5.26 Å². The first kappa shape index (κ1) is 11.9. The summed E-state index contributed by atoms with van der Waals surface area (Å²) >= 11 is 0. The monoisotopic (exact) mass is 230 g/mol. The quantitative estimate of drug-likeness (QED) is 0.813. The van der Waals surface area contributed by atoms with Crippen molar-refractivity contribution in [1.82, 2.24) is 4.98 Å². The van der Waals surface area contributed by atoms with Crippen molar-refractivity contribution < 1.29 is 0 Å². The number of hydrogen-bond acceptors (Lipinski definition) is 4. The number of aryl methyl sites for hydroxylation is 2. The largest absolute Gasteiger partial charge is 0.365 e. The smallest absolute Gasteiger partial charge is 0.144 e. The molecule has 0 bridgehead atoms. The van der Waals surface area contributed by atoms with E-state index in [0.29, 0.717) is 11.4 Å². The molecule has 2 atom stereocenters. The fourth-order valence-corrected chi connectivity index (χ4v) is 2.43.